The van der Waals surface area contributed by atoms with Gasteiger partial charge < -0.3 is 9.84 Å². The summed E-state index contributed by atoms with van der Waals surface area (Å²) in [5.41, 5.74) is 1.09. The highest BCUT2D eigenvalue weighted by Crippen LogP contribution is 2.26. The second-order valence-electron chi connectivity index (χ2n) is 4.09. The lowest BCUT2D eigenvalue weighted by Crippen LogP contribution is -2.00. The molecule has 0 heterocycles. The van der Waals surface area contributed by atoms with Crippen molar-refractivity contribution in [1.29, 1.82) is 0 Å². The fraction of sp³-hybridized carbons (Fsp3) is 0.143. The Morgan fingerprint density at radius 1 is 1.20 bits per heavy atom. The average Bonchev–Trinajstić information content (AvgIpc) is 2.46. The Morgan fingerprint density at radius 3 is 2.60 bits per heavy atom. The predicted octanol–water partition coefficient (Wildman–Crippen LogP) is 3.32. The van der Waals surface area contributed by atoms with E-state index in [1.165, 1.54) is 18.2 Å². The molecule has 104 valence electrons. The molecule has 0 aromatic heterocycles. The summed E-state index contributed by atoms with van der Waals surface area (Å²) >= 11 is 6.01. The van der Waals surface area contributed by atoms with Crippen molar-refractivity contribution in [3.05, 3.63) is 68.7 Å². The van der Waals surface area contributed by atoms with Gasteiger partial charge in [-0.2, -0.15) is 0 Å². The van der Waals surface area contributed by atoms with Crippen molar-refractivity contribution in [3.63, 3.8) is 0 Å². The van der Waals surface area contributed by atoms with E-state index in [9.17, 15) is 15.2 Å². The maximum atomic E-state index is 10.7. The van der Waals surface area contributed by atoms with Crippen molar-refractivity contribution >= 4 is 17.3 Å². The van der Waals surface area contributed by atoms with E-state index >= 15 is 0 Å². The number of non-ortho nitro benzene ring substituents is 1. The van der Waals surface area contributed by atoms with Gasteiger partial charge in [-0.3, -0.25) is 10.1 Å². The minimum Gasteiger partial charge on any atom is -0.488 e. The van der Waals surface area contributed by atoms with E-state index < -0.39 is 4.92 Å². The van der Waals surface area contributed by atoms with Crippen molar-refractivity contribution in [1.82, 2.24) is 0 Å². The molecule has 0 saturated heterocycles. The number of hydrogen-bond donors (Lipinski definition) is 1. The predicted molar refractivity (Wildman–Crippen MR) is 74.8 cm³/mol. The number of nitrogens with zero attached hydrogens (tertiary/aromatic N) is 1. The second-order valence-corrected chi connectivity index (χ2v) is 4.49. The summed E-state index contributed by atoms with van der Waals surface area (Å²) in [6.45, 7) is -0.107. The molecule has 2 rings (SSSR count). The highest BCUT2D eigenvalue weighted by atomic mass is 35.5. The van der Waals surface area contributed by atoms with E-state index in [1.807, 2.05) is 18.2 Å². The van der Waals surface area contributed by atoms with Gasteiger partial charge in [0.2, 0.25) is 0 Å². The van der Waals surface area contributed by atoms with Crippen LogP contribution in [0.1, 0.15) is 11.1 Å². The van der Waals surface area contributed by atoms with Crippen LogP contribution < -0.4 is 4.74 Å². The third-order valence-corrected chi connectivity index (χ3v) is 3.13. The summed E-state index contributed by atoms with van der Waals surface area (Å²) in [7, 11) is 0. The summed E-state index contributed by atoms with van der Waals surface area (Å²) in [5.74, 6) is 0.401. The molecule has 6 heteroatoms. The van der Waals surface area contributed by atoms with Crippen LogP contribution in [-0.4, -0.2) is 10.0 Å². The van der Waals surface area contributed by atoms with Gasteiger partial charge in [0.1, 0.15) is 12.4 Å². The molecule has 0 atom stereocenters. The lowest BCUT2D eigenvalue weighted by atomic mass is 10.2. The van der Waals surface area contributed by atoms with Gasteiger partial charge in [-0.05, 0) is 12.1 Å². The van der Waals surface area contributed by atoms with Crippen LogP contribution in [0.15, 0.2) is 42.5 Å². The van der Waals surface area contributed by atoms with Crippen LogP contribution in [0.4, 0.5) is 5.69 Å². The second kappa shape index (κ2) is 6.36. The number of aliphatic hydroxyl groups excluding tert-OH is 1. The maximum Gasteiger partial charge on any atom is 0.270 e. The maximum absolute atomic E-state index is 10.7. The van der Waals surface area contributed by atoms with Gasteiger partial charge in [0, 0.05) is 28.3 Å². The number of nitro benzene ring substituents is 1. The Morgan fingerprint density at radius 2 is 1.95 bits per heavy atom. The summed E-state index contributed by atoms with van der Waals surface area (Å²) in [6.07, 6.45) is 0. The molecule has 0 radical (unpaired) electrons. The Kier molecular flexibility index (Phi) is 4.55. The molecular weight excluding hydrogens is 282 g/mol. The molecule has 0 aliphatic carbocycles. The first-order valence-electron chi connectivity index (χ1n) is 5.86. The third kappa shape index (κ3) is 3.26. The first-order valence-corrected chi connectivity index (χ1v) is 6.24. The van der Waals surface area contributed by atoms with Crippen LogP contribution in [0.3, 0.4) is 0 Å². The number of hydrogen-bond acceptors (Lipinski definition) is 4. The van der Waals surface area contributed by atoms with Crippen LogP contribution in [0.5, 0.6) is 5.75 Å². The quantitative estimate of drug-likeness (QED) is 0.678. The van der Waals surface area contributed by atoms with Gasteiger partial charge in [0.15, 0.2) is 0 Å². The smallest absolute Gasteiger partial charge is 0.270 e. The van der Waals surface area contributed by atoms with Crippen LogP contribution >= 0.6 is 11.6 Å². The van der Waals surface area contributed by atoms with Crippen molar-refractivity contribution in [2.75, 3.05) is 0 Å². The van der Waals surface area contributed by atoms with E-state index in [0.29, 0.717) is 16.3 Å². The van der Waals surface area contributed by atoms with E-state index in [1.54, 1.807) is 6.07 Å². The Labute approximate surface area is 120 Å². The average molecular weight is 294 g/mol. The van der Waals surface area contributed by atoms with Crippen molar-refractivity contribution < 1.29 is 14.8 Å². The molecular formula is C14H12ClNO4. The van der Waals surface area contributed by atoms with Gasteiger partial charge in [-0.15, -0.1) is 0 Å². The fourth-order valence-corrected chi connectivity index (χ4v) is 1.91. The highest BCUT2D eigenvalue weighted by Gasteiger charge is 2.11. The Bertz CT molecular complexity index is 630. The number of benzene rings is 2. The zero-order valence-corrected chi connectivity index (χ0v) is 11.2. The van der Waals surface area contributed by atoms with E-state index in [4.69, 9.17) is 16.3 Å². The van der Waals surface area contributed by atoms with E-state index in [2.05, 4.69) is 0 Å². The van der Waals surface area contributed by atoms with Crippen LogP contribution in [0.2, 0.25) is 5.02 Å². The standard InChI is InChI=1S/C14H12ClNO4/c15-13-4-2-1-3-10(13)9-20-14-6-5-12(16(18)19)7-11(14)8-17/h1-7,17H,8-9H2. The van der Waals surface area contributed by atoms with Crippen molar-refractivity contribution in [2.45, 2.75) is 13.2 Å². The highest BCUT2D eigenvalue weighted by molar-refractivity contribution is 6.31. The number of rotatable bonds is 5. The summed E-state index contributed by atoms with van der Waals surface area (Å²) < 4.78 is 5.56. The van der Waals surface area contributed by atoms with Crippen molar-refractivity contribution in [3.8, 4) is 5.75 Å². The molecule has 0 spiro atoms. The minimum absolute atomic E-state index is 0.0841. The monoisotopic (exact) mass is 293 g/mol. The minimum atomic E-state index is -0.517. The number of halogens is 1. The van der Waals surface area contributed by atoms with Gasteiger partial charge in [0.05, 0.1) is 11.5 Å². The topological polar surface area (TPSA) is 72.6 Å². The van der Waals surface area contributed by atoms with Crippen molar-refractivity contribution in [2.24, 2.45) is 0 Å². The van der Waals surface area contributed by atoms with Crippen LogP contribution in [0, 0.1) is 10.1 Å². The molecule has 0 unspecified atom stereocenters. The van der Waals surface area contributed by atoms with Gasteiger partial charge >= 0.3 is 0 Å². The molecule has 0 aliphatic rings. The van der Waals surface area contributed by atoms with Crippen LogP contribution in [0.25, 0.3) is 0 Å². The van der Waals surface area contributed by atoms with E-state index in [-0.39, 0.29) is 18.9 Å². The fourth-order valence-electron chi connectivity index (χ4n) is 1.71. The lowest BCUT2D eigenvalue weighted by molar-refractivity contribution is -0.385. The molecule has 1 N–H and O–H groups in total. The van der Waals surface area contributed by atoms with Gasteiger partial charge in [-0.1, -0.05) is 29.8 Å². The molecule has 0 bridgehead atoms. The number of ether oxygens (including phenoxy) is 1. The largest absolute Gasteiger partial charge is 0.488 e. The van der Waals surface area contributed by atoms with E-state index in [0.717, 1.165) is 5.56 Å². The molecule has 2 aromatic carbocycles. The normalized spacial score (nSPS) is 10.3. The first-order chi connectivity index (χ1) is 9.61. The molecule has 0 fully saturated rings. The Balaban J connectivity index is 2.17. The molecule has 20 heavy (non-hydrogen) atoms. The zero-order chi connectivity index (χ0) is 14.5. The van der Waals surface area contributed by atoms with Gasteiger partial charge in [-0.25, -0.2) is 0 Å². The SMILES string of the molecule is O=[N+]([O-])c1ccc(OCc2ccccc2Cl)c(CO)c1. The zero-order valence-electron chi connectivity index (χ0n) is 10.5. The number of aliphatic hydroxyl groups is 1. The first kappa shape index (κ1) is 14.3. The Hall–Kier alpha value is -2.11. The third-order valence-electron chi connectivity index (χ3n) is 2.77. The number of nitro groups is 1. The molecule has 0 saturated carbocycles. The molecule has 2 aromatic rings. The van der Waals surface area contributed by atoms with Crippen LogP contribution in [-0.2, 0) is 13.2 Å². The summed E-state index contributed by atoms with van der Waals surface area (Å²) in [6, 6.07) is 11.3. The molecule has 0 aliphatic heterocycles. The molecule has 0 amide bonds. The summed E-state index contributed by atoms with van der Waals surface area (Å²) in [4.78, 5) is 10.2. The summed E-state index contributed by atoms with van der Waals surface area (Å²) in [5, 5.41) is 20.5. The molecule has 5 nitrogen and oxygen atoms in total. The van der Waals surface area contributed by atoms with Gasteiger partial charge in [0.25, 0.3) is 5.69 Å². The lowest BCUT2D eigenvalue weighted by Gasteiger charge is -2.10.